The van der Waals surface area contributed by atoms with E-state index in [4.69, 9.17) is 0 Å². The van der Waals surface area contributed by atoms with Crippen LogP contribution in [0.1, 0.15) is 20.8 Å². The number of amides is 4. The number of pyridine rings is 2. The van der Waals surface area contributed by atoms with Crippen LogP contribution < -0.4 is 21.1 Å². The number of nitrogens with zero attached hydrogens (tertiary/aromatic N) is 3. The van der Waals surface area contributed by atoms with Crippen LogP contribution in [0.15, 0.2) is 65.6 Å². The van der Waals surface area contributed by atoms with Gasteiger partial charge in [-0.05, 0) is 31.2 Å². The van der Waals surface area contributed by atoms with Gasteiger partial charge in [0.25, 0.3) is 5.56 Å². The molecule has 9 nitrogen and oxygen atoms in total. The first-order valence-corrected chi connectivity index (χ1v) is 11.6. The van der Waals surface area contributed by atoms with E-state index in [1.807, 2.05) is 0 Å². The summed E-state index contributed by atoms with van der Waals surface area (Å²) in [6, 6.07) is 12.2. The van der Waals surface area contributed by atoms with E-state index in [-0.39, 0.29) is 29.2 Å². The highest BCUT2D eigenvalue weighted by molar-refractivity contribution is 6.13. The van der Waals surface area contributed by atoms with Crippen LogP contribution in [0.25, 0.3) is 22.0 Å². The quantitative estimate of drug-likeness (QED) is 0.389. The number of hydrogen-bond acceptors (Lipinski definition) is 5. The second-order valence-electron chi connectivity index (χ2n) is 8.34. The lowest BCUT2D eigenvalue weighted by molar-refractivity contribution is -0.124. The van der Waals surface area contributed by atoms with E-state index in [0.29, 0.717) is 22.7 Å². The number of aryl methyl sites for hydroxylation is 1. The second-order valence-corrected chi connectivity index (χ2v) is 8.34. The normalized spacial score (nSPS) is 10.8. The SMILES string of the molecule is CCn1c(=O)c(-c2cc(NC(=O)Nc3ccccc3)c(F)cc2F)cc2cnc(N(C(C)=O)C(C)=O)cc21. The van der Waals surface area contributed by atoms with Crippen LogP contribution in [0.4, 0.5) is 30.8 Å². The minimum Gasteiger partial charge on any atom is -0.308 e. The van der Waals surface area contributed by atoms with Crippen LogP contribution in [0.3, 0.4) is 0 Å². The number of rotatable bonds is 5. The molecule has 4 rings (SSSR count). The van der Waals surface area contributed by atoms with Gasteiger partial charge in [0.2, 0.25) is 11.8 Å². The third kappa shape index (κ3) is 5.12. The molecule has 4 amide bonds. The molecule has 2 aromatic carbocycles. The number of benzene rings is 2. The number of carbonyl (C=O) groups excluding carboxylic acids is 3. The third-order valence-electron chi connectivity index (χ3n) is 5.77. The predicted molar refractivity (Wildman–Crippen MR) is 140 cm³/mol. The van der Waals surface area contributed by atoms with Gasteiger partial charge >= 0.3 is 6.03 Å². The van der Waals surface area contributed by atoms with Gasteiger partial charge < -0.3 is 15.2 Å². The van der Waals surface area contributed by atoms with E-state index in [1.54, 1.807) is 37.3 Å². The number of urea groups is 1. The zero-order chi connectivity index (χ0) is 27.6. The van der Waals surface area contributed by atoms with Crippen LogP contribution >= 0.6 is 0 Å². The van der Waals surface area contributed by atoms with E-state index < -0.39 is 35.0 Å². The van der Waals surface area contributed by atoms with Crippen molar-refractivity contribution in [3.8, 4) is 11.1 Å². The monoisotopic (exact) mass is 519 g/mol. The van der Waals surface area contributed by atoms with E-state index in [1.165, 1.54) is 36.7 Å². The molecule has 0 radical (unpaired) electrons. The summed E-state index contributed by atoms with van der Waals surface area (Å²) in [6.45, 7) is 4.29. The molecule has 2 aromatic heterocycles. The van der Waals surface area contributed by atoms with Crippen molar-refractivity contribution < 1.29 is 23.2 Å². The fourth-order valence-corrected chi connectivity index (χ4v) is 4.09. The van der Waals surface area contributed by atoms with Gasteiger partial charge in [-0.3, -0.25) is 14.4 Å². The molecule has 0 saturated carbocycles. The Morgan fingerprint density at radius 3 is 2.24 bits per heavy atom. The Morgan fingerprint density at radius 2 is 1.61 bits per heavy atom. The van der Waals surface area contributed by atoms with Crippen molar-refractivity contribution in [2.45, 2.75) is 27.3 Å². The van der Waals surface area contributed by atoms with Crippen LogP contribution in [0, 0.1) is 11.6 Å². The first-order chi connectivity index (χ1) is 18.1. The van der Waals surface area contributed by atoms with Crippen molar-refractivity contribution in [2.24, 2.45) is 0 Å². The van der Waals surface area contributed by atoms with Crippen LogP contribution in [-0.4, -0.2) is 27.4 Å². The molecule has 0 fully saturated rings. The number of anilines is 3. The van der Waals surface area contributed by atoms with Gasteiger partial charge in [0, 0.05) is 55.4 Å². The number of nitrogens with one attached hydrogen (secondary N) is 2. The van der Waals surface area contributed by atoms with Crippen molar-refractivity contribution in [3.63, 3.8) is 0 Å². The Morgan fingerprint density at radius 1 is 0.921 bits per heavy atom. The zero-order valence-electron chi connectivity index (χ0n) is 20.7. The van der Waals surface area contributed by atoms with Crippen molar-refractivity contribution in [3.05, 3.63) is 82.8 Å². The molecule has 0 aliphatic rings. The van der Waals surface area contributed by atoms with Gasteiger partial charge in [0.05, 0.1) is 16.8 Å². The summed E-state index contributed by atoms with van der Waals surface area (Å²) in [6.07, 6.45) is 1.35. The van der Waals surface area contributed by atoms with E-state index >= 15 is 0 Å². The Hall–Kier alpha value is -4.93. The van der Waals surface area contributed by atoms with E-state index in [0.717, 1.165) is 11.0 Å². The molecule has 0 aliphatic heterocycles. The highest BCUT2D eigenvalue weighted by atomic mass is 19.1. The molecule has 0 aliphatic carbocycles. The minimum absolute atomic E-state index is 0.0377. The number of halogens is 2. The van der Waals surface area contributed by atoms with Gasteiger partial charge in [0.15, 0.2) is 0 Å². The Kier molecular flexibility index (Phi) is 7.28. The first kappa shape index (κ1) is 26.1. The molecule has 0 unspecified atom stereocenters. The van der Waals surface area contributed by atoms with Gasteiger partial charge in [0.1, 0.15) is 17.5 Å². The topological polar surface area (TPSA) is 113 Å². The first-order valence-electron chi connectivity index (χ1n) is 11.6. The maximum atomic E-state index is 15.0. The van der Waals surface area contributed by atoms with Crippen LogP contribution in [0.2, 0.25) is 0 Å². The molecule has 4 aromatic rings. The molecule has 2 heterocycles. The number of fused-ring (bicyclic) bond motifs is 1. The zero-order valence-corrected chi connectivity index (χ0v) is 20.7. The summed E-state index contributed by atoms with van der Waals surface area (Å²) in [4.78, 5) is 54.7. The van der Waals surface area contributed by atoms with Crippen molar-refractivity contribution in [1.82, 2.24) is 9.55 Å². The summed E-state index contributed by atoms with van der Waals surface area (Å²) < 4.78 is 30.8. The largest absolute Gasteiger partial charge is 0.323 e. The molecule has 0 bridgehead atoms. The molecule has 38 heavy (non-hydrogen) atoms. The molecule has 0 atom stereocenters. The fourth-order valence-electron chi connectivity index (χ4n) is 4.09. The average Bonchev–Trinajstić information content (AvgIpc) is 2.86. The standard InChI is InChI=1S/C27H23F2N5O4/c1-4-33-24-13-25(34(15(2)35)16(3)36)30-14-17(24)10-20(26(33)37)19-11-23(22(29)12-21(19)28)32-27(38)31-18-8-6-5-7-9-18/h5-14H,4H2,1-3H3,(H2,31,32,38). The lowest BCUT2D eigenvalue weighted by Crippen LogP contribution is -2.34. The Bertz CT molecular complexity index is 1620. The van der Waals surface area contributed by atoms with E-state index in [9.17, 15) is 28.0 Å². The molecule has 194 valence electrons. The number of aromatic nitrogens is 2. The van der Waals surface area contributed by atoms with Crippen molar-refractivity contribution in [2.75, 3.05) is 15.5 Å². The fraction of sp³-hybridized carbons (Fsp3) is 0.148. The number of imide groups is 1. The molecule has 0 saturated heterocycles. The molecular weight excluding hydrogens is 496 g/mol. The summed E-state index contributed by atoms with van der Waals surface area (Å²) in [5.41, 5.74) is -0.416. The lowest BCUT2D eigenvalue weighted by Gasteiger charge is -2.18. The van der Waals surface area contributed by atoms with Gasteiger partial charge in [-0.15, -0.1) is 0 Å². The predicted octanol–water partition coefficient (Wildman–Crippen LogP) is 4.91. The van der Waals surface area contributed by atoms with E-state index in [2.05, 4.69) is 15.6 Å². The van der Waals surface area contributed by atoms with Crippen molar-refractivity contribution >= 4 is 45.9 Å². The van der Waals surface area contributed by atoms with Gasteiger partial charge in [-0.1, -0.05) is 18.2 Å². The Labute approximate surface area is 215 Å². The maximum Gasteiger partial charge on any atom is 0.323 e. The number of carbonyl (C=O) groups is 3. The van der Waals surface area contributed by atoms with Gasteiger partial charge in [-0.2, -0.15) is 0 Å². The summed E-state index contributed by atoms with van der Waals surface area (Å²) in [5.74, 6) is -3.08. The highest BCUT2D eigenvalue weighted by Gasteiger charge is 2.21. The summed E-state index contributed by atoms with van der Waals surface area (Å²) in [7, 11) is 0. The third-order valence-corrected chi connectivity index (χ3v) is 5.77. The lowest BCUT2D eigenvalue weighted by atomic mass is 10.0. The maximum absolute atomic E-state index is 15.0. The molecule has 0 spiro atoms. The smallest absolute Gasteiger partial charge is 0.308 e. The summed E-state index contributed by atoms with van der Waals surface area (Å²) in [5, 5.41) is 5.29. The van der Waals surface area contributed by atoms with Crippen molar-refractivity contribution in [1.29, 1.82) is 0 Å². The molecular formula is C27H23F2N5O4. The summed E-state index contributed by atoms with van der Waals surface area (Å²) >= 11 is 0. The molecule has 11 heteroatoms. The second kappa shape index (κ2) is 10.6. The highest BCUT2D eigenvalue weighted by Crippen LogP contribution is 2.29. The molecule has 2 N–H and O–H groups in total. The van der Waals surface area contributed by atoms with Gasteiger partial charge in [-0.25, -0.2) is 23.5 Å². The Balaban J connectivity index is 1.79. The number of hydrogen-bond donors (Lipinski definition) is 2. The van der Waals surface area contributed by atoms with Crippen LogP contribution in [-0.2, 0) is 16.1 Å². The number of para-hydroxylation sites is 1. The van der Waals surface area contributed by atoms with Crippen LogP contribution in [0.5, 0.6) is 0 Å². The minimum atomic E-state index is -1.02. The average molecular weight is 520 g/mol.